The third kappa shape index (κ3) is 3.34. The Morgan fingerprint density at radius 3 is 2.26 bits per heavy atom. The molecule has 0 aliphatic rings. The zero-order chi connectivity index (χ0) is 19.0. The lowest BCUT2D eigenvalue weighted by molar-refractivity contribution is 0.593. The highest BCUT2D eigenvalue weighted by atomic mass is 35.5. The molecule has 4 aromatic rings. The third-order valence-corrected chi connectivity index (χ3v) is 6.33. The summed E-state index contributed by atoms with van der Waals surface area (Å²) < 4.78 is 26.3. The molecule has 0 radical (unpaired) electrons. The van der Waals surface area contributed by atoms with Crippen LogP contribution in [0.5, 0.6) is 0 Å². The van der Waals surface area contributed by atoms with E-state index in [-0.39, 0.29) is 9.92 Å². The van der Waals surface area contributed by atoms with Crippen LogP contribution < -0.4 is 0 Å². The van der Waals surface area contributed by atoms with Crippen molar-refractivity contribution in [3.05, 3.63) is 89.4 Å². The van der Waals surface area contributed by atoms with Crippen molar-refractivity contribution in [3.63, 3.8) is 0 Å². The molecule has 0 bridgehead atoms. The molecule has 134 valence electrons. The van der Waals surface area contributed by atoms with E-state index in [4.69, 9.17) is 11.6 Å². The van der Waals surface area contributed by atoms with Gasteiger partial charge in [-0.2, -0.15) is 0 Å². The molecule has 27 heavy (non-hydrogen) atoms. The van der Waals surface area contributed by atoms with Gasteiger partial charge in [0.2, 0.25) is 9.84 Å². The second kappa shape index (κ2) is 6.80. The maximum atomic E-state index is 13.1. The summed E-state index contributed by atoms with van der Waals surface area (Å²) in [4.78, 5) is 4.62. The number of pyridine rings is 1. The van der Waals surface area contributed by atoms with Crippen LogP contribution in [0.25, 0.3) is 22.0 Å². The van der Waals surface area contributed by atoms with Crippen LogP contribution in [-0.4, -0.2) is 13.4 Å². The number of nitrogens with zero attached hydrogens (tertiary/aromatic N) is 1. The molecular formula is C22H16ClNO2S. The highest BCUT2D eigenvalue weighted by Gasteiger charge is 2.21. The fourth-order valence-electron chi connectivity index (χ4n) is 3.04. The van der Waals surface area contributed by atoms with Crippen molar-refractivity contribution < 1.29 is 8.42 Å². The average molecular weight is 394 g/mol. The third-order valence-electron chi connectivity index (χ3n) is 4.42. The molecule has 0 spiro atoms. The van der Waals surface area contributed by atoms with Crippen molar-refractivity contribution in [3.8, 4) is 11.1 Å². The Morgan fingerprint density at radius 1 is 0.852 bits per heavy atom. The average Bonchev–Trinajstić information content (AvgIpc) is 2.68. The SMILES string of the molecule is Cc1ccc2nc(S(=O)(=O)c3ccc(Cl)cc3)cc(-c3ccccc3)c2c1. The molecule has 0 fully saturated rings. The van der Waals surface area contributed by atoms with Crippen LogP contribution in [0.15, 0.2) is 88.8 Å². The summed E-state index contributed by atoms with van der Waals surface area (Å²) in [6, 6.07) is 23.4. The zero-order valence-electron chi connectivity index (χ0n) is 14.6. The van der Waals surface area contributed by atoms with E-state index >= 15 is 0 Å². The lowest BCUT2D eigenvalue weighted by Gasteiger charge is -2.11. The fourth-order valence-corrected chi connectivity index (χ4v) is 4.40. The van der Waals surface area contributed by atoms with Crippen LogP contribution in [-0.2, 0) is 9.84 Å². The number of hydrogen-bond acceptors (Lipinski definition) is 3. The molecule has 0 atom stereocenters. The number of benzene rings is 3. The topological polar surface area (TPSA) is 47.0 Å². The summed E-state index contributed by atoms with van der Waals surface area (Å²) in [5.74, 6) is 0. The molecule has 0 N–H and O–H groups in total. The molecule has 0 aliphatic heterocycles. The second-order valence-corrected chi connectivity index (χ2v) is 8.69. The molecule has 0 saturated heterocycles. The summed E-state index contributed by atoms with van der Waals surface area (Å²) in [7, 11) is -3.76. The number of aryl methyl sites for hydroxylation is 1. The Bertz CT molecular complexity index is 1230. The minimum atomic E-state index is -3.76. The van der Waals surface area contributed by atoms with Crippen LogP contribution in [0.3, 0.4) is 0 Å². The van der Waals surface area contributed by atoms with Gasteiger partial charge in [-0.25, -0.2) is 13.4 Å². The van der Waals surface area contributed by atoms with Gasteiger partial charge in [0.05, 0.1) is 10.4 Å². The van der Waals surface area contributed by atoms with Crippen molar-refractivity contribution in [1.82, 2.24) is 4.98 Å². The van der Waals surface area contributed by atoms with E-state index in [0.29, 0.717) is 10.5 Å². The number of hydrogen-bond donors (Lipinski definition) is 0. The van der Waals surface area contributed by atoms with Gasteiger partial charge in [0.15, 0.2) is 5.03 Å². The first kappa shape index (κ1) is 17.7. The number of aromatic nitrogens is 1. The van der Waals surface area contributed by atoms with Crippen molar-refractivity contribution in [1.29, 1.82) is 0 Å². The van der Waals surface area contributed by atoms with Gasteiger partial charge in [0, 0.05) is 10.4 Å². The molecule has 3 nitrogen and oxygen atoms in total. The van der Waals surface area contributed by atoms with Crippen molar-refractivity contribution in [2.24, 2.45) is 0 Å². The number of halogens is 1. The van der Waals surface area contributed by atoms with Gasteiger partial charge in [-0.15, -0.1) is 0 Å². The summed E-state index contributed by atoms with van der Waals surface area (Å²) in [5.41, 5.74) is 3.53. The summed E-state index contributed by atoms with van der Waals surface area (Å²) in [6.45, 7) is 2.01. The normalized spacial score (nSPS) is 11.6. The minimum Gasteiger partial charge on any atom is -0.236 e. The molecule has 0 aliphatic carbocycles. The van der Waals surface area contributed by atoms with Crippen LogP contribution >= 0.6 is 11.6 Å². The Labute approximate surface area is 163 Å². The lowest BCUT2D eigenvalue weighted by Crippen LogP contribution is -2.05. The van der Waals surface area contributed by atoms with E-state index in [2.05, 4.69) is 4.98 Å². The standard InChI is InChI=1S/C22H16ClNO2S/c1-15-7-12-21-20(13-15)19(16-5-3-2-4-6-16)14-22(24-21)27(25,26)18-10-8-17(23)9-11-18/h2-14H,1H3. The van der Waals surface area contributed by atoms with Crippen molar-refractivity contribution in [2.75, 3.05) is 0 Å². The van der Waals surface area contributed by atoms with E-state index < -0.39 is 9.84 Å². The molecule has 3 aromatic carbocycles. The van der Waals surface area contributed by atoms with E-state index in [9.17, 15) is 8.42 Å². The Kier molecular flexibility index (Phi) is 4.46. The number of sulfone groups is 1. The highest BCUT2D eigenvalue weighted by Crippen LogP contribution is 2.32. The number of rotatable bonds is 3. The highest BCUT2D eigenvalue weighted by molar-refractivity contribution is 7.91. The van der Waals surface area contributed by atoms with Crippen LogP contribution in [0, 0.1) is 6.92 Å². The van der Waals surface area contributed by atoms with Crippen molar-refractivity contribution >= 4 is 32.3 Å². The van der Waals surface area contributed by atoms with E-state index in [1.165, 1.54) is 12.1 Å². The largest absolute Gasteiger partial charge is 0.236 e. The maximum Gasteiger partial charge on any atom is 0.223 e. The monoisotopic (exact) mass is 393 g/mol. The molecule has 4 rings (SSSR count). The van der Waals surface area contributed by atoms with Crippen LogP contribution in [0.4, 0.5) is 0 Å². The maximum absolute atomic E-state index is 13.1. The Balaban J connectivity index is 2.00. The predicted molar refractivity (Wildman–Crippen MR) is 109 cm³/mol. The predicted octanol–water partition coefficient (Wildman–Crippen LogP) is 5.70. The molecule has 1 aromatic heterocycles. The Morgan fingerprint density at radius 2 is 1.56 bits per heavy atom. The van der Waals surface area contributed by atoms with Gasteiger partial charge < -0.3 is 0 Å². The number of fused-ring (bicyclic) bond motifs is 1. The molecule has 0 unspecified atom stereocenters. The zero-order valence-corrected chi connectivity index (χ0v) is 16.1. The first-order valence-electron chi connectivity index (χ1n) is 8.43. The smallest absolute Gasteiger partial charge is 0.223 e. The van der Waals surface area contributed by atoms with Crippen molar-refractivity contribution in [2.45, 2.75) is 16.8 Å². The van der Waals surface area contributed by atoms with Gasteiger partial charge in [-0.3, -0.25) is 0 Å². The van der Waals surface area contributed by atoms with E-state index in [0.717, 1.165) is 22.1 Å². The molecular weight excluding hydrogens is 378 g/mol. The summed E-state index contributed by atoms with van der Waals surface area (Å²) in [5, 5.41) is 1.44. The van der Waals surface area contributed by atoms with E-state index in [1.54, 1.807) is 18.2 Å². The lowest BCUT2D eigenvalue weighted by atomic mass is 10.0. The van der Waals surface area contributed by atoms with Gasteiger partial charge in [-0.05, 0) is 60.5 Å². The molecule has 0 amide bonds. The van der Waals surface area contributed by atoms with E-state index in [1.807, 2.05) is 55.5 Å². The van der Waals surface area contributed by atoms with Gasteiger partial charge in [0.1, 0.15) is 0 Å². The second-order valence-electron chi connectivity index (χ2n) is 6.35. The molecule has 5 heteroatoms. The Hall–Kier alpha value is -2.69. The van der Waals surface area contributed by atoms with Gasteiger partial charge >= 0.3 is 0 Å². The summed E-state index contributed by atoms with van der Waals surface area (Å²) >= 11 is 5.90. The first-order valence-corrected chi connectivity index (χ1v) is 10.3. The summed E-state index contributed by atoms with van der Waals surface area (Å²) in [6.07, 6.45) is 0. The molecule has 0 saturated carbocycles. The first-order chi connectivity index (χ1) is 12.9. The van der Waals surface area contributed by atoms with Crippen LogP contribution in [0.2, 0.25) is 5.02 Å². The van der Waals surface area contributed by atoms with Gasteiger partial charge in [0.25, 0.3) is 0 Å². The quantitative estimate of drug-likeness (QED) is 0.448. The fraction of sp³-hybridized carbons (Fsp3) is 0.0455. The van der Waals surface area contributed by atoms with Gasteiger partial charge in [-0.1, -0.05) is 53.6 Å². The minimum absolute atomic E-state index is 0.0278. The molecule has 1 heterocycles. The van der Waals surface area contributed by atoms with Crippen LogP contribution in [0.1, 0.15) is 5.56 Å².